The van der Waals surface area contributed by atoms with Gasteiger partial charge in [0.15, 0.2) is 11.5 Å². The average molecular weight is 403 g/mol. The second-order valence-electron chi connectivity index (χ2n) is 6.06. The summed E-state index contributed by atoms with van der Waals surface area (Å²) in [6, 6.07) is 13.4. The van der Waals surface area contributed by atoms with E-state index in [1.54, 1.807) is 11.3 Å². The normalized spacial score (nSPS) is 12.8. The highest BCUT2D eigenvalue weighted by molar-refractivity contribution is 7.09. The zero-order valence-electron chi connectivity index (χ0n) is 14.6. The number of fused-ring (bicyclic) bond motifs is 1. The number of halogens is 1. The van der Waals surface area contributed by atoms with Crippen molar-refractivity contribution in [2.24, 2.45) is 0 Å². The third-order valence-corrected chi connectivity index (χ3v) is 5.14. The minimum atomic E-state index is 0.453. The number of aromatic nitrogens is 1. The van der Waals surface area contributed by atoms with Crippen molar-refractivity contribution in [2.45, 2.75) is 19.7 Å². The van der Waals surface area contributed by atoms with E-state index in [1.807, 2.05) is 42.5 Å². The predicted octanol–water partition coefficient (Wildman–Crippen LogP) is 4.44. The van der Waals surface area contributed by atoms with Crippen LogP contribution in [0.2, 0.25) is 5.02 Å². The Morgan fingerprint density at radius 2 is 1.85 bits per heavy atom. The summed E-state index contributed by atoms with van der Waals surface area (Å²) in [7, 11) is 0. The van der Waals surface area contributed by atoms with Crippen LogP contribution < -0.4 is 19.5 Å². The molecule has 2 aromatic carbocycles. The second kappa shape index (κ2) is 8.61. The van der Waals surface area contributed by atoms with Gasteiger partial charge in [-0.3, -0.25) is 0 Å². The number of rotatable bonds is 7. The van der Waals surface area contributed by atoms with Gasteiger partial charge in [-0.15, -0.1) is 11.3 Å². The zero-order chi connectivity index (χ0) is 18.5. The summed E-state index contributed by atoms with van der Waals surface area (Å²) in [5.74, 6) is 2.42. The van der Waals surface area contributed by atoms with Crippen LogP contribution in [-0.2, 0) is 19.7 Å². The molecule has 7 heteroatoms. The van der Waals surface area contributed by atoms with Crippen molar-refractivity contribution in [1.82, 2.24) is 10.3 Å². The highest BCUT2D eigenvalue weighted by atomic mass is 35.5. The predicted molar refractivity (Wildman–Crippen MR) is 106 cm³/mol. The molecule has 0 atom stereocenters. The van der Waals surface area contributed by atoms with E-state index in [0.717, 1.165) is 40.1 Å². The van der Waals surface area contributed by atoms with Crippen molar-refractivity contribution < 1.29 is 14.2 Å². The van der Waals surface area contributed by atoms with Gasteiger partial charge in [-0.1, -0.05) is 17.7 Å². The fourth-order valence-corrected chi connectivity index (χ4v) is 3.54. The molecule has 0 bridgehead atoms. The first-order valence-corrected chi connectivity index (χ1v) is 9.93. The topological polar surface area (TPSA) is 52.6 Å². The molecule has 0 saturated carbocycles. The summed E-state index contributed by atoms with van der Waals surface area (Å²) in [6.07, 6.45) is 0. The molecule has 4 rings (SSSR count). The van der Waals surface area contributed by atoms with Gasteiger partial charge in [0.05, 0.1) is 5.69 Å². The molecule has 1 aromatic heterocycles. The lowest BCUT2D eigenvalue weighted by molar-refractivity contribution is 0.171. The molecule has 1 aliphatic rings. The fourth-order valence-electron chi connectivity index (χ4n) is 2.70. The minimum Gasteiger partial charge on any atom is -0.486 e. The van der Waals surface area contributed by atoms with Crippen LogP contribution in [0.1, 0.15) is 16.3 Å². The van der Waals surface area contributed by atoms with Crippen LogP contribution >= 0.6 is 22.9 Å². The number of nitrogens with zero attached hydrogens (tertiary/aromatic N) is 1. The average Bonchev–Trinajstić information content (AvgIpc) is 3.15. The molecule has 1 aliphatic heterocycles. The van der Waals surface area contributed by atoms with E-state index in [0.29, 0.717) is 31.4 Å². The molecular weight excluding hydrogens is 384 g/mol. The van der Waals surface area contributed by atoms with Gasteiger partial charge in [0, 0.05) is 23.5 Å². The largest absolute Gasteiger partial charge is 0.486 e. The van der Waals surface area contributed by atoms with Crippen molar-refractivity contribution in [2.75, 3.05) is 13.2 Å². The van der Waals surface area contributed by atoms with Crippen molar-refractivity contribution in [3.8, 4) is 17.2 Å². The lowest BCUT2D eigenvalue weighted by atomic mass is 10.2. The first-order chi connectivity index (χ1) is 13.3. The Hall–Kier alpha value is -2.28. The maximum Gasteiger partial charge on any atom is 0.161 e. The van der Waals surface area contributed by atoms with Crippen LogP contribution in [0, 0.1) is 0 Å². The molecule has 2 heterocycles. The standard InChI is InChI=1S/C20H19ClN2O3S/c21-15-2-4-17(5-3-15)26-12-20-23-16(13-27-20)11-22-10-14-1-6-18-19(9-14)25-8-7-24-18/h1-6,9,13,22H,7-8,10-12H2. The lowest BCUT2D eigenvalue weighted by Gasteiger charge is -2.18. The maximum absolute atomic E-state index is 5.87. The molecule has 0 saturated heterocycles. The quantitative estimate of drug-likeness (QED) is 0.633. The number of ether oxygens (including phenoxy) is 3. The smallest absolute Gasteiger partial charge is 0.161 e. The molecule has 0 unspecified atom stereocenters. The van der Waals surface area contributed by atoms with Crippen LogP contribution in [0.3, 0.4) is 0 Å². The van der Waals surface area contributed by atoms with Crippen LogP contribution in [0.5, 0.6) is 17.2 Å². The summed E-state index contributed by atoms with van der Waals surface area (Å²) in [4.78, 5) is 4.60. The van der Waals surface area contributed by atoms with E-state index in [-0.39, 0.29) is 0 Å². The third kappa shape index (κ3) is 4.91. The number of hydrogen-bond donors (Lipinski definition) is 1. The molecule has 0 radical (unpaired) electrons. The SMILES string of the molecule is Clc1ccc(OCc2nc(CNCc3ccc4c(c3)OCCO4)cs2)cc1. The van der Waals surface area contributed by atoms with Gasteiger partial charge in [-0.2, -0.15) is 0 Å². The van der Waals surface area contributed by atoms with Gasteiger partial charge in [0.1, 0.15) is 30.6 Å². The van der Waals surface area contributed by atoms with E-state index in [4.69, 9.17) is 25.8 Å². The molecule has 0 amide bonds. The number of nitrogens with one attached hydrogen (secondary N) is 1. The van der Waals surface area contributed by atoms with Gasteiger partial charge in [0.25, 0.3) is 0 Å². The molecule has 0 spiro atoms. The minimum absolute atomic E-state index is 0.453. The zero-order valence-corrected chi connectivity index (χ0v) is 16.2. The molecular formula is C20H19ClN2O3S. The van der Waals surface area contributed by atoms with Crippen LogP contribution in [0.25, 0.3) is 0 Å². The fraction of sp³-hybridized carbons (Fsp3) is 0.250. The molecule has 0 fully saturated rings. The van der Waals surface area contributed by atoms with Crippen molar-refractivity contribution in [3.05, 3.63) is 69.1 Å². The Morgan fingerprint density at radius 3 is 2.70 bits per heavy atom. The Kier molecular flexibility index (Phi) is 5.77. The van der Waals surface area contributed by atoms with Gasteiger partial charge in [-0.05, 0) is 42.0 Å². The van der Waals surface area contributed by atoms with Gasteiger partial charge >= 0.3 is 0 Å². The number of thiazole rings is 1. The molecule has 3 aromatic rings. The molecule has 0 aliphatic carbocycles. The summed E-state index contributed by atoms with van der Waals surface area (Å²) in [5.41, 5.74) is 2.16. The Bertz CT molecular complexity index is 898. The number of benzene rings is 2. The van der Waals surface area contributed by atoms with E-state index < -0.39 is 0 Å². The highest BCUT2D eigenvalue weighted by Crippen LogP contribution is 2.30. The van der Waals surface area contributed by atoms with Crippen LogP contribution in [0.15, 0.2) is 47.8 Å². The van der Waals surface area contributed by atoms with Crippen molar-refractivity contribution in [1.29, 1.82) is 0 Å². The Morgan fingerprint density at radius 1 is 1.04 bits per heavy atom. The van der Waals surface area contributed by atoms with Gasteiger partial charge < -0.3 is 19.5 Å². The lowest BCUT2D eigenvalue weighted by Crippen LogP contribution is -2.16. The van der Waals surface area contributed by atoms with Crippen molar-refractivity contribution in [3.63, 3.8) is 0 Å². The second-order valence-corrected chi connectivity index (χ2v) is 7.44. The maximum atomic E-state index is 5.87. The van der Waals surface area contributed by atoms with E-state index in [1.165, 1.54) is 0 Å². The van der Waals surface area contributed by atoms with Crippen LogP contribution in [0.4, 0.5) is 0 Å². The third-order valence-electron chi connectivity index (χ3n) is 4.02. The molecule has 140 valence electrons. The Labute approximate surface area is 166 Å². The molecule has 5 nitrogen and oxygen atoms in total. The first-order valence-electron chi connectivity index (χ1n) is 8.67. The Balaban J connectivity index is 1.25. The first kappa shape index (κ1) is 18.1. The summed E-state index contributed by atoms with van der Waals surface area (Å²) in [5, 5.41) is 7.11. The van der Waals surface area contributed by atoms with E-state index >= 15 is 0 Å². The van der Waals surface area contributed by atoms with E-state index in [2.05, 4.69) is 15.7 Å². The van der Waals surface area contributed by atoms with Gasteiger partial charge in [-0.25, -0.2) is 4.98 Å². The monoisotopic (exact) mass is 402 g/mol. The summed E-state index contributed by atoms with van der Waals surface area (Å²) >= 11 is 7.47. The molecule has 27 heavy (non-hydrogen) atoms. The van der Waals surface area contributed by atoms with Crippen molar-refractivity contribution >= 4 is 22.9 Å². The highest BCUT2D eigenvalue weighted by Gasteiger charge is 2.11. The summed E-state index contributed by atoms with van der Waals surface area (Å²) < 4.78 is 16.9. The number of hydrogen-bond acceptors (Lipinski definition) is 6. The van der Waals surface area contributed by atoms with E-state index in [9.17, 15) is 0 Å². The van der Waals surface area contributed by atoms with Gasteiger partial charge in [0.2, 0.25) is 0 Å². The van der Waals surface area contributed by atoms with Crippen LogP contribution in [-0.4, -0.2) is 18.2 Å². The molecule has 1 N–H and O–H groups in total. The summed E-state index contributed by atoms with van der Waals surface area (Å²) in [6.45, 7) is 3.10.